The lowest BCUT2D eigenvalue weighted by Crippen LogP contribution is -2.42. The second-order valence-electron chi connectivity index (χ2n) is 10.2. The van der Waals surface area contributed by atoms with Crippen molar-refractivity contribution in [3.63, 3.8) is 0 Å². The van der Waals surface area contributed by atoms with Crippen molar-refractivity contribution in [3.05, 3.63) is 59.9 Å². The van der Waals surface area contributed by atoms with Gasteiger partial charge in [0, 0.05) is 42.8 Å². The third-order valence-electron chi connectivity index (χ3n) is 7.93. The van der Waals surface area contributed by atoms with Crippen molar-refractivity contribution in [2.75, 3.05) is 31.1 Å². The minimum Gasteiger partial charge on any atom is -0.361 e. The van der Waals surface area contributed by atoms with Crippen LogP contribution < -0.4 is 4.90 Å². The molecule has 6 heteroatoms. The van der Waals surface area contributed by atoms with Crippen molar-refractivity contribution in [2.45, 2.75) is 57.3 Å². The van der Waals surface area contributed by atoms with E-state index in [4.69, 9.17) is 0 Å². The Hall–Kier alpha value is -3.17. The fourth-order valence-electron chi connectivity index (χ4n) is 5.89. The van der Waals surface area contributed by atoms with E-state index in [9.17, 15) is 10.1 Å². The number of H-pyrrole nitrogens is 1. The maximum Gasteiger partial charge on any atom is 0.228 e. The SMILES string of the molecule is N#Cc1ccc2[nH]cc(C3CCN(CCN(C(=O)CC4CCCCC4)c4ccccn4)CC3)c2c1. The first-order valence-electron chi connectivity index (χ1n) is 13.2. The van der Waals surface area contributed by atoms with E-state index in [1.54, 1.807) is 6.20 Å². The fraction of sp³-hybridized carbons (Fsp3) is 0.483. The molecule has 1 saturated heterocycles. The van der Waals surface area contributed by atoms with Crippen molar-refractivity contribution in [1.82, 2.24) is 14.9 Å². The minimum absolute atomic E-state index is 0.220. The maximum atomic E-state index is 13.3. The summed E-state index contributed by atoms with van der Waals surface area (Å²) in [4.78, 5) is 25.6. The number of hydrogen-bond acceptors (Lipinski definition) is 4. The van der Waals surface area contributed by atoms with Gasteiger partial charge in [0.2, 0.25) is 5.91 Å². The van der Waals surface area contributed by atoms with E-state index in [-0.39, 0.29) is 5.91 Å². The number of fused-ring (bicyclic) bond motifs is 1. The van der Waals surface area contributed by atoms with Crippen molar-refractivity contribution in [2.24, 2.45) is 5.92 Å². The normalized spacial score (nSPS) is 17.9. The number of nitriles is 1. The monoisotopic (exact) mass is 469 g/mol. The molecular weight excluding hydrogens is 434 g/mol. The highest BCUT2D eigenvalue weighted by Gasteiger charge is 2.26. The van der Waals surface area contributed by atoms with Gasteiger partial charge in [0.05, 0.1) is 11.6 Å². The van der Waals surface area contributed by atoms with E-state index < -0.39 is 0 Å². The molecule has 0 bridgehead atoms. The van der Waals surface area contributed by atoms with E-state index in [2.05, 4.69) is 27.1 Å². The number of aromatic nitrogens is 2. The number of carbonyl (C=O) groups is 1. The number of carbonyl (C=O) groups excluding carboxylic acids is 1. The molecule has 0 atom stereocenters. The molecule has 2 aromatic heterocycles. The van der Waals surface area contributed by atoms with E-state index in [0.717, 1.165) is 43.8 Å². The van der Waals surface area contributed by atoms with E-state index in [1.807, 2.05) is 41.3 Å². The summed E-state index contributed by atoms with van der Waals surface area (Å²) in [6.45, 7) is 3.59. The van der Waals surface area contributed by atoms with Crippen LogP contribution in [0.4, 0.5) is 5.82 Å². The summed E-state index contributed by atoms with van der Waals surface area (Å²) in [5.74, 6) is 2.01. The van der Waals surface area contributed by atoms with Crippen molar-refractivity contribution in [1.29, 1.82) is 5.26 Å². The van der Waals surface area contributed by atoms with Crippen LogP contribution in [0.3, 0.4) is 0 Å². The summed E-state index contributed by atoms with van der Waals surface area (Å²) in [5, 5.41) is 10.5. The summed E-state index contributed by atoms with van der Waals surface area (Å²) >= 11 is 0. The molecule has 1 aliphatic heterocycles. The van der Waals surface area contributed by atoms with Gasteiger partial charge in [-0.1, -0.05) is 25.3 Å². The largest absolute Gasteiger partial charge is 0.361 e. The van der Waals surface area contributed by atoms with Gasteiger partial charge in [-0.2, -0.15) is 5.26 Å². The Kier molecular flexibility index (Phi) is 7.44. The van der Waals surface area contributed by atoms with E-state index >= 15 is 0 Å². The van der Waals surface area contributed by atoms with Gasteiger partial charge in [-0.05, 0) is 86.5 Å². The Bertz CT molecular complexity index is 1170. The molecule has 2 aliphatic rings. The Morgan fingerprint density at radius 1 is 1.11 bits per heavy atom. The molecule has 3 aromatic rings. The molecule has 1 saturated carbocycles. The van der Waals surface area contributed by atoms with Crippen molar-refractivity contribution in [3.8, 4) is 6.07 Å². The Balaban J connectivity index is 1.20. The zero-order chi connectivity index (χ0) is 24.0. The van der Waals surface area contributed by atoms with Gasteiger partial charge in [0.25, 0.3) is 0 Å². The first-order valence-corrected chi connectivity index (χ1v) is 13.2. The maximum absolute atomic E-state index is 13.3. The number of anilines is 1. The van der Waals surface area contributed by atoms with Crippen LogP contribution in [0.25, 0.3) is 10.9 Å². The molecule has 0 spiro atoms. The van der Waals surface area contributed by atoms with Crippen LogP contribution in [-0.4, -0.2) is 47.0 Å². The number of nitrogens with zero attached hydrogens (tertiary/aromatic N) is 4. The highest BCUT2D eigenvalue weighted by molar-refractivity contribution is 5.92. The predicted octanol–water partition coefficient (Wildman–Crippen LogP) is 5.62. The molecule has 0 unspecified atom stereocenters. The lowest BCUT2D eigenvalue weighted by atomic mass is 9.86. The molecule has 1 amide bonds. The smallest absolute Gasteiger partial charge is 0.228 e. The Labute approximate surface area is 208 Å². The summed E-state index contributed by atoms with van der Waals surface area (Å²) in [6.07, 6.45) is 12.9. The lowest BCUT2D eigenvalue weighted by molar-refractivity contribution is -0.119. The second-order valence-corrected chi connectivity index (χ2v) is 10.2. The molecule has 182 valence electrons. The zero-order valence-electron chi connectivity index (χ0n) is 20.5. The average Bonchev–Trinajstić information content (AvgIpc) is 3.33. The van der Waals surface area contributed by atoms with Crippen LogP contribution in [0.1, 0.15) is 68.4 Å². The molecular formula is C29H35N5O. The van der Waals surface area contributed by atoms with Gasteiger partial charge < -0.3 is 9.88 Å². The summed E-state index contributed by atoms with van der Waals surface area (Å²) in [6, 6.07) is 14.0. The Morgan fingerprint density at radius 2 is 1.94 bits per heavy atom. The number of nitrogens with one attached hydrogen (secondary N) is 1. The van der Waals surface area contributed by atoms with Gasteiger partial charge in [-0.3, -0.25) is 9.69 Å². The fourth-order valence-corrected chi connectivity index (χ4v) is 5.89. The number of amides is 1. The van der Waals surface area contributed by atoms with Crippen molar-refractivity contribution < 1.29 is 4.79 Å². The number of hydrogen-bond donors (Lipinski definition) is 1. The molecule has 6 nitrogen and oxygen atoms in total. The first-order chi connectivity index (χ1) is 17.2. The van der Waals surface area contributed by atoms with Crippen LogP contribution in [-0.2, 0) is 4.79 Å². The van der Waals surface area contributed by atoms with Gasteiger partial charge >= 0.3 is 0 Å². The number of piperidine rings is 1. The molecule has 1 aromatic carbocycles. The predicted molar refractivity (Wildman–Crippen MR) is 139 cm³/mol. The zero-order valence-corrected chi connectivity index (χ0v) is 20.5. The molecule has 35 heavy (non-hydrogen) atoms. The van der Waals surface area contributed by atoms with Gasteiger partial charge in [0.1, 0.15) is 5.82 Å². The third kappa shape index (κ3) is 5.57. The second kappa shape index (κ2) is 11.0. The molecule has 3 heterocycles. The van der Waals surface area contributed by atoms with Crippen LogP contribution in [0.2, 0.25) is 0 Å². The molecule has 5 rings (SSSR count). The van der Waals surface area contributed by atoms with Crippen LogP contribution in [0.5, 0.6) is 0 Å². The highest BCUT2D eigenvalue weighted by Crippen LogP contribution is 2.34. The van der Waals surface area contributed by atoms with Crippen molar-refractivity contribution >= 4 is 22.6 Å². The quantitative estimate of drug-likeness (QED) is 0.487. The van der Waals surface area contributed by atoms with E-state index in [0.29, 0.717) is 30.4 Å². The lowest BCUT2D eigenvalue weighted by Gasteiger charge is -2.34. The number of aromatic amines is 1. The van der Waals surface area contributed by atoms with Crippen LogP contribution >= 0.6 is 0 Å². The minimum atomic E-state index is 0.220. The van der Waals surface area contributed by atoms with E-state index in [1.165, 1.54) is 43.1 Å². The molecule has 1 N–H and O–H groups in total. The molecule has 1 aliphatic carbocycles. The Morgan fingerprint density at radius 3 is 2.69 bits per heavy atom. The van der Waals surface area contributed by atoms with Crippen LogP contribution in [0, 0.1) is 17.2 Å². The summed E-state index contributed by atoms with van der Waals surface area (Å²) < 4.78 is 0. The average molecular weight is 470 g/mol. The first kappa shape index (κ1) is 23.6. The topological polar surface area (TPSA) is 76.0 Å². The number of pyridine rings is 1. The number of benzene rings is 1. The number of likely N-dealkylation sites (tertiary alicyclic amines) is 1. The molecule has 2 fully saturated rings. The van der Waals surface area contributed by atoms with Gasteiger partial charge in [-0.25, -0.2) is 4.98 Å². The van der Waals surface area contributed by atoms with Gasteiger partial charge in [0.15, 0.2) is 0 Å². The van der Waals surface area contributed by atoms with Crippen LogP contribution in [0.15, 0.2) is 48.8 Å². The highest BCUT2D eigenvalue weighted by atomic mass is 16.2. The summed E-state index contributed by atoms with van der Waals surface area (Å²) in [5.41, 5.74) is 3.14. The molecule has 0 radical (unpaired) electrons. The standard InChI is InChI=1S/C29H35N5O/c30-20-23-9-10-27-25(18-23)26(21-32-27)24-11-14-33(15-12-24)16-17-34(28-8-4-5-13-31-28)29(35)19-22-6-2-1-3-7-22/h4-5,8-10,13,18,21-22,24,32H,1-3,6-7,11-12,14-17,19H2. The number of rotatable bonds is 7. The van der Waals surface area contributed by atoms with Gasteiger partial charge in [-0.15, -0.1) is 0 Å². The summed E-state index contributed by atoms with van der Waals surface area (Å²) in [7, 11) is 0. The third-order valence-corrected chi connectivity index (χ3v) is 7.93.